The van der Waals surface area contributed by atoms with Crippen LogP contribution < -0.4 is 5.32 Å². The smallest absolute Gasteiger partial charge is 0.303 e. The van der Waals surface area contributed by atoms with E-state index in [9.17, 15) is 9.59 Å². The first-order valence-corrected chi connectivity index (χ1v) is 5.80. The summed E-state index contributed by atoms with van der Waals surface area (Å²) in [5.74, 6) is -0.988. The molecule has 0 spiro atoms. The van der Waals surface area contributed by atoms with E-state index >= 15 is 0 Å². The molecule has 0 unspecified atom stereocenters. The molecular formula is C13H16N2O3. The fraction of sp³-hybridized carbons (Fsp3) is 0.385. The van der Waals surface area contributed by atoms with Crippen molar-refractivity contribution >= 4 is 18.1 Å². The molecule has 1 amide bonds. The van der Waals surface area contributed by atoms with Gasteiger partial charge in [0, 0.05) is 25.6 Å². The van der Waals surface area contributed by atoms with Gasteiger partial charge in [0.05, 0.1) is 6.20 Å². The number of carboxylic acid groups (broad SMARTS) is 1. The van der Waals surface area contributed by atoms with Crippen molar-refractivity contribution in [3.05, 3.63) is 29.7 Å². The molecule has 0 saturated carbocycles. The van der Waals surface area contributed by atoms with Crippen LogP contribution >= 0.6 is 0 Å². The van der Waals surface area contributed by atoms with Gasteiger partial charge in [-0.3, -0.25) is 14.6 Å². The lowest BCUT2D eigenvalue weighted by Gasteiger charge is -2.04. The number of carbonyl (C=O) groups excluding carboxylic acids is 1. The Balaban J connectivity index is 2.14. The van der Waals surface area contributed by atoms with E-state index in [2.05, 4.69) is 16.0 Å². The van der Waals surface area contributed by atoms with Crippen molar-refractivity contribution < 1.29 is 14.7 Å². The molecule has 0 saturated heterocycles. The van der Waals surface area contributed by atoms with Crippen molar-refractivity contribution in [3.63, 3.8) is 0 Å². The summed E-state index contributed by atoms with van der Waals surface area (Å²) in [6, 6.07) is 0. The van der Waals surface area contributed by atoms with Crippen molar-refractivity contribution in [2.75, 3.05) is 6.54 Å². The van der Waals surface area contributed by atoms with Gasteiger partial charge >= 0.3 is 5.97 Å². The largest absolute Gasteiger partial charge is 0.481 e. The number of carbonyl (C=O) groups is 2. The van der Waals surface area contributed by atoms with E-state index in [4.69, 9.17) is 5.11 Å². The molecule has 1 aliphatic rings. The van der Waals surface area contributed by atoms with Crippen LogP contribution in [0.2, 0.25) is 0 Å². The number of nitrogens with zero attached hydrogens (tertiary/aromatic N) is 1. The lowest BCUT2D eigenvalue weighted by atomic mass is 10.2. The third-order valence-electron chi connectivity index (χ3n) is 2.31. The highest BCUT2D eigenvalue weighted by molar-refractivity contribution is 5.80. The first-order valence-electron chi connectivity index (χ1n) is 5.80. The average molecular weight is 248 g/mol. The summed E-state index contributed by atoms with van der Waals surface area (Å²) < 4.78 is 0. The fourth-order valence-corrected chi connectivity index (χ4v) is 1.40. The molecule has 0 atom stereocenters. The first kappa shape index (κ1) is 13.9. The Hall–Kier alpha value is -2.13. The second-order valence-electron chi connectivity index (χ2n) is 3.83. The van der Waals surface area contributed by atoms with Gasteiger partial charge in [-0.1, -0.05) is 0 Å². The molecule has 5 heteroatoms. The molecule has 5 nitrogen and oxygen atoms in total. The minimum absolute atomic E-state index is 0.0295. The normalized spacial score (nSPS) is 13.0. The number of rotatable bonds is 7. The third kappa shape index (κ3) is 6.45. The quantitative estimate of drug-likeness (QED) is 0.669. The average Bonchev–Trinajstić information content (AvgIpc) is 2.57. The summed E-state index contributed by atoms with van der Waals surface area (Å²) in [7, 11) is 0. The highest BCUT2D eigenvalue weighted by Gasteiger charge is 2.03. The van der Waals surface area contributed by atoms with Gasteiger partial charge in [-0.2, -0.15) is 0 Å². The zero-order chi connectivity index (χ0) is 13.2. The Kier molecular flexibility index (Phi) is 6.22. The summed E-state index contributed by atoms with van der Waals surface area (Å²) in [5, 5.41) is 11.2. The van der Waals surface area contributed by atoms with Crippen molar-refractivity contribution in [2.45, 2.75) is 25.7 Å². The number of aliphatic imine (C=N–C) groups is 1. The molecule has 1 rings (SSSR count). The van der Waals surface area contributed by atoms with Gasteiger partial charge in [-0.05, 0) is 30.6 Å². The van der Waals surface area contributed by atoms with Crippen molar-refractivity contribution in [2.24, 2.45) is 4.99 Å². The molecular weight excluding hydrogens is 232 g/mol. The Bertz CT molecular complexity index is 430. The maximum Gasteiger partial charge on any atom is 0.303 e. The maximum atomic E-state index is 11.4. The molecule has 0 aromatic rings. The van der Waals surface area contributed by atoms with Gasteiger partial charge in [0.1, 0.15) is 0 Å². The minimum Gasteiger partial charge on any atom is -0.481 e. The topological polar surface area (TPSA) is 78.8 Å². The molecule has 0 fully saturated rings. The molecule has 1 aliphatic heterocycles. The van der Waals surface area contributed by atoms with E-state index in [1.807, 2.05) is 6.08 Å². The lowest BCUT2D eigenvalue weighted by Crippen LogP contribution is -2.24. The standard InChI is InChI=1S/C13H16N2O3/c16-12(5-3-6-13(17)18)15-9-7-11-4-1-2-8-14-10-11/h1,4,8,10H,3,5-7,9H2,(H,15,16)(H,17,18). The van der Waals surface area contributed by atoms with Gasteiger partial charge in [0.2, 0.25) is 5.91 Å². The number of nitrogens with one attached hydrogen (secondary N) is 1. The summed E-state index contributed by atoms with van der Waals surface area (Å²) in [5.41, 5.74) is 3.86. The Morgan fingerprint density at radius 3 is 3.00 bits per heavy atom. The Morgan fingerprint density at radius 1 is 1.39 bits per heavy atom. The summed E-state index contributed by atoms with van der Waals surface area (Å²) >= 11 is 0. The van der Waals surface area contributed by atoms with Crippen molar-refractivity contribution in [1.29, 1.82) is 0 Å². The lowest BCUT2D eigenvalue weighted by molar-refractivity contribution is -0.137. The van der Waals surface area contributed by atoms with Crippen LogP contribution in [0.5, 0.6) is 0 Å². The number of allylic oxidation sites excluding steroid dienone is 2. The third-order valence-corrected chi connectivity index (χ3v) is 2.31. The van der Waals surface area contributed by atoms with Gasteiger partial charge in [0.25, 0.3) is 0 Å². The second-order valence-corrected chi connectivity index (χ2v) is 3.83. The van der Waals surface area contributed by atoms with E-state index in [-0.39, 0.29) is 18.7 Å². The van der Waals surface area contributed by atoms with Crippen LogP contribution in [0.15, 0.2) is 34.6 Å². The van der Waals surface area contributed by atoms with Gasteiger partial charge in [-0.25, -0.2) is 0 Å². The number of hydrogen-bond acceptors (Lipinski definition) is 3. The van der Waals surface area contributed by atoms with E-state index < -0.39 is 5.97 Å². The molecule has 1 heterocycles. The molecule has 0 aromatic heterocycles. The summed E-state index contributed by atoms with van der Waals surface area (Å²) in [4.78, 5) is 25.6. The maximum absolute atomic E-state index is 11.4. The molecule has 0 aliphatic carbocycles. The number of amides is 1. The van der Waals surface area contributed by atoms with E-state index in [1.165, 1.54) is 0 Å². The monoisotopic (exact) mass is 248 g/mol. The van der Waals surface area contributed by atoms with Gasteiger partial charge < -0.3 is 10.4 Å². The van der Waals surface area contributed by atoms with Crippen LogP contribution in [0.3, 0.4) is 0 Å². The summed E-state index contributed by atoms with van der Waals surface area (Å²) in [6.07, 6.45) is 8.32. The predicted octanol–water partition coefficient (Wildman–Crippen LogP) is 1.43. The van der Waals surface area contributed by atoms with Crippen LogP contribution in [0.25, 0.3) is 0 Å². The highest BCUT2D eigenvalue weighted by atomic mass is 16.4. The van der Waals surface area contributed by atoms with Gasteiger partial charge in [0.15, 0.2) is 0 Å². The molecule has 18 heavy (non-hydrogen) atoms. The predicted molar refractivity (Wildman–Crippen MR) is 68.3 cm³/mol. The minimum atomic E-state index is -0.873. The van der Waals surface area contributed by atoms with Crippen molar-refractivity contribution in [3.8, 4) is 0 Å². The van der Waals surface area contributed by atoms with E-state index in [1.54, 1.807) is 18.5 Å². The highest BCUT2D eigenvalue weighted by Crippen LogP contribution is 2.01. The summed E-state index contributed by atoms with van der Waals surface area (Å²) in [6.45, 7) is 0.525. The number of carboxylic acids is 1. The first-order chi connectivity index (χ1) is 8.68. The van der Waals surface area contributed by atoms with Crippen LogP contribution in [-0.4, -0.2) is 29.7 Å². The van der Waals surface area contributed by atoms with Crippen LogP contribution in [0.1, 0.15) is 25.7 Å². The van der Waals surface area contributed by atoms with E-state index in [0.29, 0.717) is 19.4 Å². The zero-order valence-corrected chi connectivity index (χ0v) is 10.1. The molecule has 0 aromatic carbocycles. The van der Waals surface area contributed by atoms with Gasteiger partial charge in [-0.15, -0.1) is 5.73 Å². The molecule has 0 radical (unpaired) electrons. The van der Waals surface area contributed by atoms with Crippen LogP contribution in [-0.2, 0) is 9.59 Å². The number of aliphatic carboxylic acids is 1. The van der Waals surface area contributed by atoms with Crippen molar-refractivity contribution in [1.82, 2.24) is 5.32 Å². The SMILES string of the molecule is O=C(O)CCCC(=O)NCCC1=CC=C=CN=C1. The second kappa shape index (κ2) is 8.03. The zero-order valence-electron chi connectivity index (χ0n) is 10.1. The molecule has 0 bridgehead atoms. The molecule has 96 valence electrons. The Morgan fingerprint density at radius 2 is 2.22 bits per heavy atom. The van der Waals surface area contributed by atoms with E-state index in [0.717, 1.165) is 5.57 Å². The van der Waals surface area contributed by atoms with Crippen LogP contribution in [0, 0.1) is 0 Å². The van der Waals surface area contributed by atoms with Crippen LogP contribution in [0.4, 0.5) is 0 Å². The Labute approximate surface area is 106 Å². The number of hydrogen-bond donors (Lipinski definition) is 2. The molecule has 2 N–H and O–H groups in total. The fourth-order valence-electron chi connectivity index (χ4n) is 1.40.